The SMILES string of the molecule is CC(C)NC(=O)CCn1c(C(F)(F)F)nc2cc(S(=O)(=O)N(C)C)ccc21. The van der Waals surface area contributed by atoms with Crippen molar-refractivity contribution in [2.75, 3.05) is 14.1 Å². The molecule has 0 fully saturated rings. The molecule has 0 aliphatic heterocycles. The van der Waals surface area contributed by atoms with Crippen LogP contribution >= 0.6 is 0 Å². The van der Waals surface area contributed by atoms with Gasteiger partial charge in [-0.25, -0.2) is 17.7 Å². The number of fused-ring (bicyclic) bond motifs is 1. The number of imidazole rings is 1. The second kappa shape index (κ2) is 7.47. The van der Waals surface area contributed by atoms with Gasteiger partial charge in [-0.1, -0.05) is 0 Å². The molecule has 1 aromatic heterocycles. The minimum Gasteiger partial charge on any atom is -0.354 e. The number of aromatic nitrogens is 2. The Morgan fingerprint density at radius 1 is 1.30 bits per heavy atom. The fraction of sp³-hybridized carbons (Fsp3) is 0.500. The summed E-state index contributed by atoms with van der Waals surface area (Å²) in [6.45, 7) is 3.26. The summed E-state index contributed by atoms with van der Waals surface area (Å²) in [5, 5.41) is 2.61. The predicted molar refractivity (Wildman–Crippen MR) is 93.5 cm³/mol. The predicted octanol–water partition coefficient (Wildman–Crippen LogP) is 2.22. The topological polar surface area (TPSA) is 84.3 Å². The number of amides is 1. The Labute approximate surface area is 155 Å². The van der Waals surface area contributed by atoms with E-state index in [1.807, 2.05) is 0 Å². The molecular formula is C16H21F3N4O3S. The molecule has 2 aromatic rings. The summed E-state index contributed by atoms with van der Waals surface area (Å²) in [7, 11) is -1.16. The van der Waals surface area contributed by atoms with E-state index in [2.05, 4.69) is 10.3 Å². The van der Waals surface area contributed by atoms with Gasteiger partial charge in [0.1, 0.15) is 0 Å². The Morgan fingerprint density at radius 3 is 2.44 bits per heavy atom. The van der Waals surface area contributed by atoms with E-state index in [9.17, 15) is 26.4 Å². The molecular weight excluding hydrogens is 385 g/mol. The van der Waals surface area contributed by atoms with E-state index >= 15 is 0 Å². The summed E-state index contributed by atoms with van der Waals surface area (Å²) in [4.78, 5) is 15.2. The highest BCUT2D eigenvalue weighted by Crippen LogP contribution is 2.32. The second-order valence-electron chi connectivity index (χ2n) is 6.49. The third-order valence-corrected chi connectivity index (χ3v) is 5.58. The number of nitrogens with zero attached hydrogens (tertiary/aromatic N) is 3. The molecule has 0 saturated heterocycles. The molecule has 0 unspecified atom stereocenters. The van der Waals surface area contributed by atoms with Gasteiger partial charge >= 0.3 is 6.18 Å². The molecule has 1 amide bonds. The van der Waals surface area contributed by atoms with Crippen LogP contribution in [0.25, 0.3) is 11.0 Å². The Kier molecular flexibility index (Phi) is 5.85. The monoisotopic (exact) mass is 406 g/mol. The molecule has 1 N–H and O–H groups in total. The third-order valence-electron chi connectivity index (χ3n) is 3.76. The van der Waals surface area contributed by atoms with Crippen molar-refractivity contribution >= 4 is 27.0 Å². The number of nitrogens with one attached hydrogen (secondary N) is 1. The van der Waals surface area contributed by atoms with Crippen LogP contribution in [0.3, 0.4) is 0 Å². The van der Waals surface area contributed by atoms with E-state index < -0.39 is 22.0 Å². The van der Waals surface area contributed by atoms with E-state index in [-0.39, 0.29) is 40.8 Å². The van der Waals surface area contributed by atoms with Crippen LogP contribution in [-0.2, 0) is 27.5 Å². The van der Waals surface area contributed by atoms with Crippen molar-refractivity contribution in [3.63, 3.8) is 0 Å². The van der Waals surface area contributed by atoms with E-state index in [1.165, 1.54) is 26.2 Å². The summed E-state index contributed by atoms with van der Waals surface area (Å²) in [6, 6.07) is 3.47. The van der Waals surface area contributed by atoms with Crippen molar-refractivity contribution in [2.45, 2.75) is 43.9 Å². The average Bonchev–Trinajstić information content (AvgIpc) is 2.90. The lowest BCUT2D eigenvalue weighted by molar-refractivity contribution is -0.147. The van der Waals surface area contributed by atoms with Crippen molar-refractivity contribution in [3.8, 4) is 0 Å². The maximum absolute atomic E-state index is 13.4. The molecule has 2 rings (SSSR count). The van der Waals surface area contributed by atoms with Crippen molar-refractivity contribution in [1.29, 1.82) is 0 Å². The maximum atomic E-state index is 13.4. The Morgan fingerprint density at radius 2 is 1.93 bits per heavy atom. The van der Waals surface area contributed by atoms with E-state index in [0.29, 0.717) is 0 Å². The second-order valence-corrected chi connectivity index (χ2v) is 8.65. The summed E-state index contributed by atoms with van der Waals surface area (Å²) < 4.78 is 66.4. The van der Waals surface area contributed by atoms with Crippen LogP contribution in [0.1, 0.15) is 26.1 Å². The van der Waals surface area contributed by atoms with Crippen LogP contribution in [0.5, 0.6) is 0 Å². The number of benzene rings is 1. The summed E-state index contributed by atoms with van der Waals surface area (Å²) >= 11 is 0. The molecule has 0 aliphatic carbocycles. The van der Waals surface area contributed by atoms with Crippen LogP contribution in [0.15, 0.2) is 23.1 Å². The number of alkyl halides is 3. The fourth-order valence-electron chi connectivity index (χ4n) is 2.53. The molecule has 7 nitrogen and oxygen atoms in total. The number of rotatable bonds is 6. The zero-order valence-corrected chi connectivity index (χ0v) is 16.1. The van der Waals surface area contributed by atoms with Crippen molar-refractivity contribution in [3.05, 3.63) is 24.0 Å². The smallest absolute Gasteiger partial charge is 0.354 e. The van der Waals surface area contributed by atoms with Crippen LogP contribution < -0.4 is 5.32 Å². The molecule has 0 bridgehead atoms. The van der Waals surface area contributed by atoms with Gasteiger partial charge in [0.25, 0.3) is 0 Å². The standard InChI is InChI=1S/C16H21F3N4O3S/c1-10(2)20-14(24)7-8-23-13-6-5-11(27(25,26)22(3)4)9-12(13)21-15(23)16(17,18)19/h5-6,9-10H,7-8H2,1-4H3,(H,20,24). The van der Waals surface area contributed by atoms with Crippen LogP contribution in [-0.4, -0.2) is 48.3 Å². The highest BCUT2D eigenvalue weighted by Gasteiger charge is 2.38. The Bertz CT molecular complexity index is 950. The highest BCUT2D eigenvalue weighted by molar-refractivity contribution is 7.89. The third kappa shape index (κ3) is 4.59. The lowest BCUT2D eigenvalue weighted by atomic mass is 10.3. The minimum absolute atomic E-state index is 0.102. The molecule has 0 saturated carbocycles. The largest absolute Gasteiger partial charge is 0.449 e. The van der Waals surface area contributed by atoms with Crippen LogP contribution in [0.4, 0.5) is 13.2 Å². The molecule has 27 heavy (non-hydrogen) atoms. The normalized spacial score (nSPS) is 12.9. The minimum atomic E-state index is -4.74. The number of hydrogen-bond acceptors (Lipinski definition) is 4. The molecule has 150 valence electrons. The first-order valence-corrected chi connectivity index (χ1v) is 9.57. The molecule has 0 radical (unpaired) electrons. The van der Waals surface area contributed by atoms with Gasteiger partial charge in [0, 0.05) is 33.1 Å². The molecule has 11 heteroatoms. The van der Waals surface area contributed by atoms with Gasteiger partial charge in [0.2, 0.25) is 21.8 Å². The summed E-state index contributed by atoms with van der Waals surface area (Å²) in [5.41, 5.74) is 0.00639. The van der Waals surface area contributed by atoms with Gasteiger partial charge in [0.05, 0.1) is 15.9 Å². The van der Waals surface area contributed by atoms with Gasteiger partial charge in [-0.05, 0) is 32.0 Å². The van der Waals surface area contributed by atoms with Gasteiger partial charge in [0.15, 0.2) is 0 Å². The number of aryl methyl sites for hydroxylation is 1. The quantitative estimate of drug-likeness (QED) is 0.797. The number of sulfonamides is 1. The molecule has 0 spiro atoms. The Hall–Kier alpha value is -2.14. The van der Waals surface area contributed by atoms with Crippen molar-refractivity contribution < 1.29 is 26.4 Å². The summed E-state index contributed by atoms with van der Waals surface area (Å²) in [6.07, 6.45) is -4.90. The van der Waals surface area contributed by atoms with Gasteiger partial charge < -0.3 is 9.88 Å². The number of carbonyl (C=O) groups excluding carboxylic acids is 1. The maximum Gasteiger partial charge on any atom is 0.449 e. The first kappa shape index (κ1) is 21.2. The van der Waals surface area contributed by atoms with Gasteiger partial charge in [-0.3, -0.25) is 4.79 Å². The highest BCUT2D eigenvalue weighted by atomic mass is 32.2. The zero-order valence-electron chi connectivity index (χ0n) is 15.3. The first-order chi connectivity index (χ1) is 12.3. The number of hydrogen-bond donors (Lipinski definition) is 1. The lowest BCUT2D eigenvalue weighted by Gasteiger charge is -2.13. The van der Waals surface area contributed by atoms with Crippen molar-refractivity contribution in [1.82, 2.24) is 19.2 Å². The average molecular weight is 406 g/mol. The van der Waals surface area contributed by atoms with E-state index in [4.69, 9.17) is 0 Å². The lowest BCUT2D eigenvalue weighted by Crippen LogP contribution is -2.31. The molecule has 1 aromatic carbocycles. The number of carbonyl (C=O) groups is 1. The zero-order chi connectivity index (χ0) is 20.6. The number of halogens is 3. The van der Waals surface area contributed by atoms with Gasteiger partial charge in [-0.2, -0.15) is 13.2 Å². The fourth-order valence-corrected chi connectivity index (χ4v) is 3.45. The molecule has 0 atom stereocenters. The van der Waals surface area contributed by atoms with E-state index in [0.717, 1.165) is 14.9 Å². The van der Waals surface area contributed by atoms with Crippen LogP contribution in [0, 0.1) is 0 Å². The van der Waals surface area contributed by atoms with Crippen molar-refractivity contribution in [2.24, 2.45) is 0 Å². The van der Waals surface area contributed by atoms with E-state index in [1.54, 1.807) is 13.8 Å². The molecule has 0 aliphatic rings. The summed E-state index contributed by atoms with van der Waals surface area (Å²) in [5.74, 6) is -1.55. The first-order valence-electron chi connectivity index (χ1n) is 8.13. The molecule has 1 heterocycles. The Balaban J connectivity index is 2.50. The van der Waals surface area contributed by atoms with Crippen LogP contribution in [0.2, 0.25) is 0 Å². The van der Waals surface area contributed by atoms with Gasteiger partial charge in [-0.15, -0.1) is 0 Å².